The van der Waals surface area contributed by atoms with Crippen molar-refractivity contribution >= 4 is 5.78 Å². The third kappa shape index (κ3) is 219. The molecule has 0 heterocycles. The number of Topliss-reactive ketones (excluding diaryl/α,β-unsaturated/α-hetero) is 1. The van der Waals surface area contributed by atoms with Crippen LogP contribution in [0.25, 0.3) is 0 Å². The van der Waals surface area contributed by atoms with Crippen LogP contribution in [0, 0.1) is 0 Å². The monoisotopic (exact) mass is 162 g/mol. The van der Waals surface area contributed by atoms with E-state index in [0.29, 0.717) is 0 Å². The fourth-order valence-electron chi connectivity index (χ4n) is 0.144. The molecule has 0 radical (unpaired) electrons. The Kier molecular flexibility index (Phi) is 34.8. The molecule has 0 aliphatic heterocycles. The van der Waals surface area contributed by atoms with Gasteiger partial charge in [-0.25, -0.2) is 0 Å². The summed E-state index contributed by atoms with van der Waals surface area (Å²) in [5.74, 6) is 0.167. The highest BCUT2D eigenvalue weighted by molar-refractivity contribution is 5.72. The molecule has 11 heavy (non-hydrogen) atoms. The minimum absolute atomic E-state index is 0.167. The van der Waals surface area contributed by atoms with Gasteiger partial charge in [-0.3, -0.25) is 0 Å². The molecule has 0 amide bonds. The first kappa shape index (κ1) is 16.9. The summed E-state index contributed by atoms with van der Waals surface area (Å²) in [6, 6.07) is 0. The standard InChI is InChI=1S/C3H10N2.C3H6O.C2H6/c1-5-3-2-4;1-3(2)4;1-2/h5H,2-4H2,1H3;1-2H3;1-2H3. The van der Waals surface area contributed by atoms with Crippen molar-refractivity contribution in [2.75, 3.05) is 20.1 Å². The number of carbonyl (C=O) groups excluding carboxylic acids is 1. The molecular weight excluding hydrogens is 140 g/mol. The fourth-order valence-corrected chi connectivity index (χ4v) is 0.144. The number of hydrogen-bond acceptors (Lipinski definition) is 3. The second kappa shape index (κ2) is 22.6. The van der Waals surface area contributed by atoms with Gasteiger partial charge in [-0.05, 0) is 20.9 Å². The molecule has 0 atom stereocenters. The first-order chi connectivity index (χ1) is 5.15. The molecule has 0 bridgehead atoms. The number of hydrogen-bond donors (Lipinski definition) is 2. The molecule has 0 aromatic rings. The van der Waals surface area contributed by atoms with E-state index in [0.717, 1.165) is 13.1 Å². The zero-order chi connectivity index (χ0) is 9.70. The van der Waals surface area contributed by atoms with Crippen LogP contribution < -0.4 is 11.1 Å². The first-order valence-corrected chi connectivity index (χ1v) is 3.97. The largest absolute Gasteiger partial charge is 0.329 e. The Labute approximate surface area is 70.4 Å². The van der Waals surface area contributed by atoms with Crippen molar-refractivity contribution < 1.29 is 4.79 Å². The van der Waals surface area contributed by atoms with Crippen LogP contribution in [-0.4, -0.2) is 25.9 Å². The highest BCUT2D eigenvalue weighted by Crippen LogP contribution is 1.50. The summed E-state index contributed by atoms with van der Waals surface area (Å²) in [5.41, 5.74) is 5.08. The Bertz CT molecular complexity index is 59.1. The van der Waals surface area contributed by atoms with E-state index in [4.69, 9.17) is 5.73 Å². The molecule has 0 aliphatic carbocycles. The summed E-state index contributed by atoms with van der Waals surface area (Å²) in [7, 11) is 1.88. The van der Waals surface area contributed by atoms with Crippen molar-refractivity contribution in [1.82, 2.24) is 5.32 Å². The molecule has 0 aliphatic rings. The average Bonchev–Trinajstić information content (AvgIpc) is 1.93. The third-order valence-corrected chi connectivity index (χ3v) is 0.394. The van der Waals surface area contributed by atoms with E-state index in [-0.39, 0.29) is 5.78 Å². The predicted molar refractivity (Wildman–Crippen MR) is 50.7 cm³/mol. The number of nitrogens with one attached hydrogen (secondary N) is 1. The molecule has 3 N–H and O–H groups in total. The van der Waals surface area contributed by atoms with Crippen LogP contribution in [-0.2, 0) is 4.79 Å². The Balaban J connectivity index is -0.0000000965. The van der Waals surface area contributed by atoms with Crippen molar-refractivity contribution in [1.29, 1.82) is 0 Å². The molecule has 0 saturated carbocycles. The van der Waals surface area contributed by atoms with Gasteiger partial charge in [0.05, 0.1) is 0 Å². The highest BCUT2D eigenvalue weighted by atomic mass is 16.1. The molecule has 0 rings (SSSR count). The molecule has 0 spiro atoms. The SMILES string of the molecule is CC.CC(C)=O.CNCCN. The topological polar surface area (TPSA) is 55.1 Å². The zero-order valence-corrected chi connectivity index (χ0v) is 8.40. The minimum atomic E-state index is 0.167. The van der Waals surface area contributed by atoms with Crippen LogP contribution >= 0.6 is 0 Å². The lowest BCUT2D eigenvalue weighted by atomic mass is 10.6. The quantitative estimate of drug-likeness (QED) is 0.631. The van der Waals surface area contributed by atoms with Gasteiger partial charge in [0.15, 0.2) is 0 Å². The lowest BCUT2D eigenvalue weighted by Crippen LogP contribution is -2.17. The van der Waals surface area contributed by atoms with Gasteiger partial charge in [0.2, 0.25) is 0 Å². The fraction of sp³-hybridized carbons (Fsp3) is 0.875. The van der Waals surface area contributed by atoms with Crippen LogP contribution in [0.4, 0.5) is 0 Å². The molecule has 0 aromatic carbocycles. The maximum absolute atomic E-state index is 9.44. The Morgan fingerprint density at radius 1 is 1.36 bits per heavy atom. The Morgan fingerprint density at radius 3 is 1.64 bits per heavy atom. The van der Waals surface area contributed by atoms with E-state index in [1.807, 2.05) is 20.9 Å². The minimum Gasteiger partial charge on any atom is -0.329 e. The molecule has 3 heteroatoms. The molecule has 3 nitrogen and oxygen atoms in total. The van der Waals surface area contributed by atoms with E-state index >= 15 is 0 Å². The van der Waals surface area contributed by atoms with E-state index in [9.17, 15) is 4.79 Å². The maximum Gasteiger partial charge on any atom is 0.126 e. The smallest absolute Gasteiger partial charge is 0.126 e. The van der Waals surface area contributed by atoms with Crippen LogP contribution in [0.1, 0.15) is 27.7 Å². The van der Waals surface area contributed by atoms with E-state index in [1.165, 1.54) is 13.8 Å². The summed E-state index contributed by atoms with van der Waals surface area (Å²) in [6.45, 7) is 8.70. The molecule has 0 aromatic heterocycles. The van der Waals surface area contributed by atoms with Gasteiger partial charge < -0.3 is 15.8 Å². The number of ketones is 1. The van der Waals surface area contributed by atoms with Gasteiger partial charge in [0, 0.05) is 13.1 Å². The van der Waals surface area contributed by atoms with Crippen molar-refractivity contribution in [2.45, 2.75) is 27.7 Å². The first-order valence-electron chi connectivity index (χ1n) is 3.97. The van der Waals surface area contributed by atoms with E-state index in [1.54, 1.807) is 0 Å². The molecule has 0 unspecified atom stereocenters. The average molecular weight is 162 g/mol. The maximum atomic E-state index is 9.44. The van der Waals surface area contributed by atoms with Gasteiger partial charge in [-0.15, -0.1) is 0 Å². The number of nitrogens with two attached hydrogens (primary N) is 1. The summed E-state index contributed by atoms with van der Waals surface area (Å²) < 4.78 is 0. The van der Waals surface area contributed by atoms with Gasteiger partial charge in [-0.2, -0.15) is 0 Å². The molecule has 0 saturated heterocycles. The van der Waals surface area contributed by atoms with Crippen LogP contribution in [0.3, 0.4) is 0 Å². The van der Waals surface area contributed by atoms with Gasteiger partial charge in [0.1, 0.15) is 5.78 Å². The second-order valence-electron chi connectivity index (χ2n) is 1.80. The summed E-state index contributed by atoms with van der Waals surface area (Å²) >= 11 is 0. The van der Waals surface area contributed by atoms with Crippen LogP contribution in [0.15, 0.2) is 0 Å². The lowest BCUT2D eigenvalue weighted by Gasteiger charge is -1.85. The van der Waals surface area contributed by atoms with E-state index in [2.05, 4.69) is 5.32 Å². The van der Waals surface area contributed by atoms with Gasteiger partial charge in [0.25, 0.3) is 0 Å². The number of likely N-dealkylation sites (N-methyl/N-ethyl adjacent to an activating group) is 1. The summed E-state index contributed by atoms with van der Waals surface area (Å²) in [5, 5.41) is 2.89. The molecular formula is C8H22N2O. The predicted octanol–water partition coefficient (Wildman–Crippen LogP) is 0.786. The summed E-state index contributed by atoms with van der Waals surface area (Å²) in [6.07, 6.45) is 0. The summed E-state index contributed by atoms with van der Waals surface area (Å²) in [4.78, 5) is 9.44. The van der Waals surface area contributed by atoms with E-state index < -0.39 is 0 Å². The number of rotatable bonds is 2. The molecule has 0 fully saturated rings. The third-order valence-electron chi connectivity index (χ3n) is 0.394. The van der Waals surface area contributed by atoms with Crippen molar-refractivity contribution in [3.63, 3.8) is 0 Å². The zero-order valence-electron chi connectivity index (χ0n) is 8.40. The Hall–Kier alpha value is -0.410. The number of carbonyl (C=O) groups is 1. The van der Waals surface area contributed by atoms with Gasteiger partial charge >= 0.3 is 0 Å². The van der Waals surface area contributed by atoms with Crippen molar-refractivity contribution in [2.24, 2.45) is 5.73 Å². The van der Waals surface area contributed by atoms with Gasteiger partial charge in [-0.1, -0.05) is 13.8 Å². The van der Waals surface area contributed by atoms with Crippen molar-refractivity contribution in [3.05, 3.63) is 0 Å². The van der Waals surface area contributed by atoms with Crippen LogP contribution in [0.2, 0.25) is 0 Å². The normalized spacial score (nSPS) is 6.73. The Morgan fingerprint density at radius 2 is 1.64 bits per heavy atom. The van der Waals surface area contributed by atoms with Crippen molar-refractivity contribution in [3.8, 4) is 0 Å². The second-order valence-corrected chi connectivity index (χ2v) is 1.80. The lowest BCUT2D eigenvalue weighted by molar-refractivity contribution is -0.114. The molecule has 70 valence electrons. The highest BCUT2D eigenvalue weighted by Gasteiger charge is 1.64. The van der Waals surface area contributed by atoms with Crippen LogP contribution in [0.5, 0.6) is 0 Å².